The van der Waals surface area contributed by atoms with E-state index in [0.29, 0.717) is 17.6 Å². The number of hydrogen-bond acceptors (Lipinski definition) is 3. The van der Waals surface area contributed by atoms with Gasteiger partial charge < -0.3 is 4.90 Å². The Kier molecular flexibility index (Phi) is 5.58. The van der Waals surface area contributed by atoms with Gasteiger partial charge in [-0.3, -0.25) is 14.7 Å². The first-order chi connectivity index (χ1) is 11.6. The van der Waals surface area contributed by atoms with Crippen molar-refractivity contribution in [3.05, 3.63) is 64.1 Å². The number of carbonyl (C=O) groups excluding carboxylic acids is 1. The van der Waals surface area contributed by atoms with Crippen LogP contribution in [0.4, 0.5) is 4.39 Å². The molecule has 1 aliphatic rings. The minimum absolute atomic E-state index is 0.127. The Morgan fingerprint density at radius 3 is 2.79 bits per heavy atom. The van der Waals surface area contributed by atoms with E-state index in [1.54, 1.807) is 29.3 Å². The lowest BCUT2D eigenvalue weighted by Crippen LogP contribution is -2.35. The van der Waals surface area contributed by atoms with Crippen molar-refractivity contribution < 1.29 is 9.18 Å². The van der Waals surface area contributed by atoms with Crippen molar-refractivity contribution in [1.29, 1.82) is 0 Å². The van der Waals surface area contributed by atoms with E-state index in [-0.39, 0.29) is 11.5 Å². The molecule has 3 rings (SSSR count). The first-order valence-corrected chi connectivity index (χ1v) is 8.80. The van der Waals surface area contributed by atoms with E-state index < -0.39 is 5.82 Å². The maximum Gasteiger partial charge on any atom is 0.256 e. The van der Waals surface area contributed by atoms with Gasteiger partial charge in [-0.05, 0) is 46.6 Å². The molecule has 0 radical (unpaired) electrons. The normalized spacial score (nSPS) is 16.0. The van der Waals surface area contributed by atoms with E-state index in [1.807, 2.05) is 18.2 Å². The van der Waals surface area contributed by atoms with Crippen LogP contribution in [-0.2, 0) is 6.54 Å². The number of rotatable bonds is 3. The van der Waals surface area contributed by atoms with Gasteiger partial charge in [-0.15, -0.1) is 0 Å². The number of carbonyl (C=O) groups is 1. The maximum absolute atomic E-state index is 14.2. The van der Waals surface area contributed by atoms with Crippen molar-refractivity contribution in [2.45, 2.75) is 13.0 Å². The predicted molar refractivity (Wildman–Crippen MR) is 94.1 cm³/mol. The van der Waals surface area contributed by atoms with Crippen molar-refractivity contribution in [3.8, 4) is 0 Å². The smallest absolute Gasteiger partial charge is 0.256 e. The van der Waals surface area contributed by atoms with Crippen molar-refractivity contribution in [2.75, 3.05) is 26.2 Å². The van der Waals surface area contributed by atoms with Crippen LogP contribution in [0.3, 0.4) is 0 Å². The third kappa shape index (κ3) is 3.99. The molecule has 2 heterocycles. The van der Waals surface area contributed by atoms with Crippen LogP contribution >= 0.6 is 15.9 Å². The molecule has 6 heteroatoms. The predicted octanol–water partition coefficient (Wildman–Crippen LogP) is 3.33. The fraction of sp³-hybridized carbons (Fsp3) is 0.333. The number of pyridine rings is 1. The minimum Gasteiger partial charge on any atom is -0.337 e. The van der Waals surface area contributed by atoms with Crippen LogP contribution in [0, 0.1) is 5.82 Å². The number of aromatic nitrogens is 1. The Labute approximate surface area is 149 Å². The van der Waals surface area contributed by atoms with Crippen LogP contribution in [0.1, 0.15) is 22.5 Å². The number of nitrogens with zero attached hydrogens (tertiary/aromatic N) is 3. The largest absolute Gasteiger partial charge is 0.337 e. The molecular weight excluding hydrogens is 373 g/mol. The van der Waals surface area contributed by atoms with Crippen molar-refractivity contribution in [1.82, 2.24) is 14.8 Å². The summed E-state index contributed by atoms with van der Waals surface area (Å²) in [4.78, 5) is 21.0. The van der Waals surface area contributed by atoms with E-state index in [9.17, 15) is 9.18 Å². The summed E-state index contributed by atoms with van der Waals surface area (Å²) in [6, 6.07) is 10.7. The second-order valence-corrected chi connectivity index (χ2v) is 6.70. The molecule has 0 spiro atoms. The number of halogens is 2. The van der Waals surface area contributed by atoms with E-state index in [2.05, 4.69) is 25.8 Å². The molecule has 0 aliphatic carbocycles. The Balaban J connectivity index is 1.65. The summed E-state index contributed by atoms with van der Waals surface area (Å²) >= 11 is 3.14. The zero-order valence-electron chi connectivity index (χ0n) is 13.3. The van der Waals surface area contributed by atoms with Gasteiger partial charge in [0.2, 0.25) is 0 Å². The van der Waals surface area contributed by atoms with Crippen LogP contribution in [-0.4, -0.2) is 46.9 Å². The van der Waals surface area contributed by atoms with Gasteiger partial charge in [0.1, 0.15) is 5.82 Å². The quantitative estimate of drug-likeness (QED) is 0.804. The van der Waals surface area contributed by atoms with Gasteiger partial charge in [-0.25, -0.2) is 4.39 Å². The number of amides is 1. The van der Waals surface area contributed by atoms with Gasteiger partial charge in [0.25, 0.3) is 5.91 Å². The van der Waals surface area contributed by atoms with Crippen LogP contribution < -0.4 is 0 Å². The van der Waals surface area contributed by atoms with Crippen LogP contribution in [0.15, 0.2) is 47.1 Å². The Hall–Kier alpha value is -1.79. The van der Waals surface area contributed by atoms with E-state index in [4.69, 9.17) is 0 Å². The number of hydrogen-bond donors (Lipinski definition) is 0. The second kappa shape index (κ2) is 7.85. The lowest BCUT2D eigenvalue weighted by Gasteiger charge is -2.22. The monoisotopic (exact) mass is 391 g/mol. The van der Waals surface area contributed by atoms with Crippen LogP contribution in [0.2, 0.25) is 0 Å². The molecule has 1 aromatic heterocycles. The topological polar surface area (TPSA) is 36.4 Å². The summed E-state index contributed by atoms with van der Waals surface area (Å²) in [5, 5.41) is 0. The third-order valence-electron chi connectivity index (χ3n) is 4.17. The molecular formula is C18H19BrFN3O. The summed E-state index contributed by atoms with van der Waals surface area (Å²) in [6.07, 6.45) is 2.66. The van der Waals surface area contributed by atoms with E-state index in [1.165, 1.54) is 0 Å². The van der Waals surface area contributed by atoms with E-state index >= 15 is 0 Å². The first kappa shape index (κ1) is 17.0. The van der Waals surface area contributed by atoms with Crippen molar-refractivity contribution in [2.24, 2.45) is 0 Å². The average Bonchev–Trinajstić information content (AvgIpc) is 2.83. The summed E-state index contributed by atoms with van der Waals surface area (Å²) in [7, 11) is 0. The highest BCUT2D eigenvalue weighted by molar-refractivity contribution is 9.10. The molecule has 1 saturated heterocycles. The molecule has 1 aromatic carbocycles. The minimum atomic E-state index is -0.489. The molecule has 1 amide bonds. The SMILES string of the molecule is O=C(c1cccc(Br)c1F)N1CCCN(Cc2ccccn2)CC1. The van der Waals surface area contributed by atoms with Gasteiger partial charge in [-0.1, -0.05) is 12.1 Å². The first-order valence-electron chi connectivity index (χ1n) is 8.00. The lowest BCUT2D eigenvalue weighted by atomic mass is 10.2. The molecule has 2 aromatic rings. The highest BCUT2D eigenvalue weighted by Gasteiger charge is 2.23. The molecule has 0 bridgehead atoms. The molecule has 0 unspecified atom stereocenters. The van der Waals surface area contributed by atoms with Gasteiger partial charge in [-0.2, -0.15) is 0 Å². The lowest BCUT2D eigenvalue weighted by molar-refractivity contribution is 0.0756. The molecule has 0 saturated carbocycles. The summed E-state index contributed by atoms with van der Waals surface area (Å²) in [6.45, 7) is 3.68. The number of benzene rings is 1. The van der Waals surface area contributed by atoms with Gasteiger partial charge in [0.05, 0.1) is 15.7 Å². The highest BCUT2D eigenvalue weighted by Crippen LogP contribution is 2.20. The average molecular weight is 392 g/mol. The summed E-state index contributed by atoms with van der Waals surface area (Å²) < 4.78 is 14.5. The molecule has 126 valence electrons. The van der Waals surface area contributed by atoms with Crippen LogP contribution in [0.5, 0.6) is 0 Å². The molecule has 24 heavy (non-hydrogen) atoms. The molecule has 1 aliphatic heterocycles. The fourth-order valence-electron chi connectivity index (χ4n) is 2.89. The highest BCUT2D eigenvalue weighted by atomic mass is 79.9. The zero-order chi connectivity index (χ0) is 16.9. The van der Waals surface area contributed by atoms with Crippen molar-refractivity contribution in [3.63, 3.8) is 0 Å². The van der Waals surface area contributed by atoms with Crippen LogP contribution in [0.25, 0.3) is 0 Å². The third-order valence-corrected chi connectivity index (χ3v) is 4.78. The zero-order valence-corrected chi connectivity index (χ0v) is 14.9. The van der Waals surface area contributed by atoms with Crippen molar-refractivity contribution >= 4 is 21.8 Å². The van der Waals surface area contributed by atoms with Gasteiger partial charge in [0.15, 0.2) is 0 Å². The fourth-order valence-corrected chi connectivity index (χ4v) is 3.26. The molecule has 0 N–H and O–H groups in total. The van der Waals surface area contributed by atoms with E-state index in [0.717, 1.165) is 31.7 Å². The standard InChI is InChI=1S/C18H19BrFN3O/c19-16-7-3-6-15(17(16)20)18(24)23-10-4-9-22(11-12-23)13-14-5-1-2-8-21-14/h1-3,5-8H,4,9-13H2. The van der Waals surface area contributed by atoms with Gasteiger partial charge in [0, 0.05) is 38.9 Å². The maximum atomic E-state index is 14.2. The summed E-state index contributed by atoms with van der Waals surface area (Å²) in [5.41, 5.74) is 1.15. The Bertz CT molecular complexity index is 711. The molecule has 0 atom stereocenters. The second-order valence-electron chi connectivity index (χ2n) is 5.84. The molecule has 1 fully saturated rings. The molecule has 4 nitrogen and oxygen atoms in total. The Morgan fingerprint density at radius 1 is 1.12 bits per heavy atom. The van der Waals surface area contributed by atoms with Gasteiger partial charge >= 0.3 is 0 Å². The summed E-state index contributed by atoms with van der Waals surface area (Å²) in [5.74, 6) is -0.731. The Morgan fingerprint density at radius 2 is 2.00 bits per heavy atom.